The average molecular weight is 194 g/mol. The number of ketones is 2. The van der Waals surface area contributed by atoms with Gasteiger partial charge in [0, 0.05) is 12.0 Å². The number of hydrogen-bond acceptors (Lipinski definition) is 3. The van der Waals surface area contributed by atoms with Gasteiger partial charge in [-0.3, -0.25) is 9.59 Å². The maximum Gasteiger partial charge on any atom is 0.187 e. The molecule has 0 saturated heterocycles. The Morgan fingerprint density at radius 3 is 2.43 bits per heavy atom. The highest BCUT2D eigenvalue weighted by atomic mass is 16.3. The molecular weight excluding hydrogens is 180 g/mol. The van der Waals surface area contributed by atoms with Crippen LogP contribution >= 0.6 is 0 Å². The lowest BCUT2D eigenvalue weighted by Crippen LogP contribution is -2.20. The number of aliphatic hydroxyl groups is 1. The fourth-order valence-electron chi connectivity index (χ4n) is 1.33. The molecule has 0 radical (unpaired) electrons. The number of carbonyl (C=O) groups excluding carboxylic acids is 2. The molecule has 0 aliphatic heterocycles. The Labute approximate surface area is 83.1 Å². The van der Waals surface area contributed by atoms with Gasteiger partial charge in [-0.25, -0.2) is 0 Å². The molecule has 1 aliphatic carbocycles. The Kier molecular flexibility index (Phi) is 3.36. The molecule has 0 aromatic heterocycles. The lowest BCUT2D eigenvalue weighted by atomic mass is 10.0. The first kappa shape index (κ1) is 10.9. The van der Waals surface area contributed by atoms with Gasteiger partial charge in [-0.2, -0.15) is 0 Å². The van der Waals surface area contributed by atoms with Crippen LogP contribution in [-0.4, -0.2) is 22.8 Å². The monoisotopic (exact) mass is 194 g/mol. The highest BCUT2D eigenvalue weighted by Gasteiger charge is 2.22. The Morgan fingerprint density at radius 1 is 1.43 bits per heavy atom. The summed E-state index contributed by atoms with van der Waals surface area (Å²) in [5.74, 6) is -0.282. The molecule has 0 amide bonds. The second-order valence-corrected chi connectivity index (χ2v) is 3.41. The van der Waals surface area contributed by atoms with Crippen molar-refractivity contribution in [3.05, 3.63) is 23.3 Å². The zero-order valence-corrected chi connectivity index (χ0v) is 8.41. The van der Waals surface area contributed by atoms with Crippen LogP contribution in [0, 0.1) is 0 Å². The SMILES string of the molecule is CCC(O)C(=O)C1=CC=C(C(C)=O)C1. The topological polar surface area (TPSA) is 54.4 Å². The second-order valence-electron chi connectivity index (χ2n) is 3.41. The first-order valence-corrected chi connectivity index (χ1v) is 4.69. The van der Waals surface area contributed by atoms with E-state index in [-0.39, 0.29) is 11.6 Å². The Hall–Kier alpha value is -1.22. The van der Waals surface area contributed by atoms with Crippen molar-refractivity contribution in [2.75, 3.05) is 0 Å². The van der Waals surface area contributed by atoms with Gasteiger partial charge in [0.1, 0.15) is 6.10 Å². The third-order valence-corrected chi connectivity index (χ3v) is 2.32. The van der Waals surface area contributed by atoms with Crippen LogP contribution in [0.1, 0.15) is 26.7 Å². The molecule has 1 rings (SSSR count). The van der Waals surface area contributed by atoms with E-state index >= 15 is 0 Å². The minimum Gasteiger partial charge on any atom is -0.385 e. The van der Waals surface area contributed by atoms with E-state index in [1.54, 1.807) is 19.1 Å². The van der Waals surface area contributed by atoms with Crippen LogP contribution < -0.4 is 0 Å². The molecule has 0 aromatic carbocycles. The maximum absolute atomic E-state index is 11.5. The van der Waals surface area contributed by atoms with E-state index in [2.05, 4.69) is 0 Å². The van der Waals surface area contributed by atoms with Crippen LogP contribution in [0.15, 0.2) is 23.3 Å². The molecule has 76 valence electrons. The van der Waals surface area contributed by atoms with Gasteiger partial charge in [-0.1, -0.05) is 19.1 Å². The van der Waals surface area contributed by atoms with Crippen molar-refractivity contribution in [3.8, 4) is 0 Å². The summed E-state index contributed by atoms with van der Waals surface area (Å²) in [7, 11) is 0. The highest BCUT2D eigenvalue weighted by molar-refractivity contribution is 6.04. The number of rotatable bonds is 4. The molecule has 1 N–H and O–H groups in total. The molecule has 0 aromatic rings. The molecule has 1 aliphatic rings. The molecule has 14 heavy (non-hydrogen) atoms. The number of aliphatic hydroxyl groups excluding tert-OH is 1. The molecule has 0 heterocycles. The van der Waals surface area contributed by atoms with Crippen LogP contribution in [0.5, 0.6) is 0 Å². The van der Waals surface area contributed by atoms with Gasteiger partial charge in [-0.15, -0.1) is 0 Å². The normalized spacial score (nSPS) is 17.4. The van der Waals surface area contributed by atoms with Crippen molar-refractivity contribution in [2.24, 2.45) is 0 Å². The van der Waals surface area contributed by atoms with E-state index in [0.717, 1.165) is 0 Å². The molecule has 1 atom stereocenters. The minimum atomic E-state index is -0.930. The lowest BCUT2D eigenvalue weighted by Gasteiger charge is -2.07. The highest BCUT2D eigenvalue weighted by Crippen LogP contribution is 2.21. The molecule has 3 heteroatoms. The summed E-state index contributed by atoms with van der Waals surface area (Å²) in [6, 6.07) is 0. The molecular formula is C11H14O3. The van der Waals surface area contributed by atoms with Gasteiger partial charge in [0.05, 0.1) is 0 Å². The predicted octanol–water partition coefficient (Wildman–Crippen LogP) is 1.17. The van der Waals surface area contributed by atoms with Crippen molar-refractivity contribution in [2.45, 2.75) is 32.8 Å². The maximum atomic E-state index is 11.5. The fourth-order valence-corrected chi connectivity index (χ4v) is 1.33. The Morgan fingerprint density at radius 2 is 2.00 bits per heavy atom. The summed E-state index contributed by atoms with van der Waals surface area (Å²) in [6.07, 6.45) is 3.12. The molecule has 0 saturated carbocycles. The van der Waals surface area contributed by atoms with Gasteiger partial charge < -0.3 is 5.11 Å². The van der Waals surface area contributed by atoms with Crippen LogP contribution in [0.4, 0.5) is 0 Å². The predicted molar refractivity (Wildman–Crippen MR) is 52.8 cm³/mol. The third-order valence-electron chi connectivity index (χ3n) is 2.32. The van der Waals surface area contributed by atoms with E-state index in [0.29, 0.717) is 24.0 Å². The van der Waals surface area contributed by atoms with E-state index in [9.17, 15) is 14.7 Å². The third kappa shape index (κ3) is 2.17. The molecule has 0 fully saturated rings. The van der Waals surface area contributed by atoms with Gasteiger partial charge in [0.2, 0.25) is 0 Å². The lowest BCUT2D eigenvalue weighted by molar-refractivity contribution is -0.123. The van der Waals surface area contributed by atoms with Gasteiger partial charge in [0.15, 0.2) is 11.6 Å². The second kappa shape index (κ2) is 4.33. The van der Waals surface area contributed by atoms with E-state index in [1.165, 1.54) is 6.92 Å². The van der Waals surface area contributed by atoms with Gasteiger partial charge in [-0.05, 0) is 18.9 Å². The number of allylic oxidation sites excluding steroid dienone is 3. The number of hydrogen-bond donors (Lipinski definition) is 1. The first-order valence-electron chi connectivity index (χ1n) is 4.69. The van der Waals surface area contributed by atoms with Gasteiger partial charge >= 0.3 is 0 Å². The summed E-state index contributed by atoms with van der Waals surface area (Å²) >= 11 is 0. The van der Waals surface area contributed by atoms with Crippen molar-refractivity contribution in [1.29, 1.82) is 0 Å². The zero-order valence-electron chi connectivity index (χ0n) is 8.41. The molecule has 0 bridgehead atoms. The molecule has 0 spiro atoms. The summed E-state index contributed by atoms with van der Waals surface area (Å²) in [4.78, 5) is 22.5. The summed E-state index contributed by atoms with van der Waals surface area (Å²) in [5.41, 5.74) is 1.17. The van der Waals surface area contributed by atoms with Crippen LogP contribution in [-0.2, 0) is 9.59 Å². The molecule has 3 nitrogen and oxygen atoms in total. The fraction of sp³-hybridized carbons (Fsp3) is 0.455. The quantitative estimate of drug-likeness (QED) is 0.731. The summed E-state index contributed by atoms with van der Waals surface area (Å²) in [5, 5.41) is 9.31. The van der Waals surface area contributed by atoms with Crippen molar-refractivity contribution < 1.29 is 14.7 Å². The minimum absolute atomic E-state index is 0.0185. The number of Topliss-reactive ketones (excluding diaryl/α,β-unsaturated/α-hetero) is 2. The van der Waals surface area contributed by atoms with E-state index in [1.807, 2.05) is 0 Å². The summed E-state index contributed by atoms with van der Waals surface area (Å²) in [6.45, 7) is 3.22. The smallest absolute Gasteiger partial charge is 0.187 e. The Balaban J connectivity index is 2.62. The average Bonchev–Trinajstić information content (AvgIpc) is 2.64. The first-order chi connectivity index (χ1) is 6.56. The van der Waals surface area contributed by atoms with E-state index in [4.69, 9.17) is 0 Å². The number of carbonyl (C=O) groups is 2. The van der Waals surface area contributed by atoms with Crippen LogP contribution in [0.2, 0.25) is 0 Å². The standard InChI is InChI=1S/C11H14O3/c1-3-10(13)11(14)9-5-4-8(6-9)7(2)12/h4-5,10,13H,3,6H2,1-2H3. The van der Waals surface area contributed by atoms with Crippen molar-refractivity contribution in [3.63, 3.8) is 0 Å². The van der Waals surface area contributed by atoms with E-state index < -0.39 is 6.10 Å². The molecule has 1 unspecified atom stereocenters. The largest absolute Gasteiger partial charge is 0.385 e. The van der Waals surface area contributed by atoms with Crippen molar-refractivity contribution >= 4 is 11.6 Å². The van der Waals surface area contributed by atoms with Gasteiger partial charge in [0.25, 0.3) is 0 Å². The zero-order chi connectivity index (χ0) is 10.7. The van der Waals surface area contributed by atoms with Crippen molar-refractivity contribution in [1.82, 2.24) is 0 Å². The Bertz CT molecular complexity index is 323. The van der Waals surface area contributed by atoms with Crippen LogP contribution in [0.3, 0.4) is 0 Å². The summed E-state index contributed by atoms with van der Waals surface area (Å²) < 4.78 is 0. The van der Waals surface area contributed by atoms with Crippen LogP contribution in [0.25, 0.3) is 0 Å².